The van der Waals surface area contributed by atoms with E-state index in [1.165, 1.54) is 11.3 Å². The lowest BCUT2D eigenvalue weighted by Gasteiger charge is -2.07. The number of aryl methyl sites for hydroxylation is 1. The Morgan fingerprint density at radius 1 is 1.24 bits per heavy atom. The number of fused-ring (bicyclic) bond motifs is 1. The maximum Gasteiger partial charge on any atom is 0.336 e. The summed E-state index contributed by atoms with van der Waals surface area (Å²) in [5.74, 6) is -0.348. The van der Waals surface area contributed by atoms with E-state index in [2.05, 4.69) is 9.97 Å². The van der Waals surface area contributed by atoms with Crippen molar-refractivity contribution in [3.63, 3.8) is 0 Å². The smallest absolute Gasteiger partial charge is 0.336 e. The first-order chi connectivity index (χ1) is 10.1. The Morgan fingerprint density at radius 3 is 2.67 bits per heavy atom. The molecule has 106 valence electrons. The van der Waals surface area contributed by atoms with E-state index >= 15 is 0 Å². The lowest BCUT2D eigenvalue weighted by atomic mass is 10.1. The molecular formula is C15H12N2O3S. The van der Waals surface area contributed by atoms with Crippen LogP contribution in [-0.4, -0.2) is 28.2 Å². The summed E-state index contributed by atoms with van der Waals surface area (Å²) in [6.45, 7) is 1.90. The van der Waals surface area contributed by atoms with Crippen molar-refractivity contribution in [2.24, 2.45) is 0 Å². The van der Waals surface area contributed by atoms with Crippen LogP contribution in [0.25, 0.3) is 22.3 Å². The molecule has 0 saturated carbocycles. The Bertz CT molecular complexity index is 842. The van der Waals surface area contributed by atoms with Gasteiger partial charge in [-0.2, -0.15) is 0 Å². The fourth-order valence-corrected chi connectivity index (χ4v) is 2.73. The number of carbonyl (C=O) groups is 1. The zero-order valence-corrected chi connectivity index (χ0v) is 12.3. The standard InChI is InChI=1S/C15H12N2O3S/c1-8-16-14(7-21-8)13-6-11(15(18)19)10-4-3-9(20-2)5-12(10)17-13/h3-7H,1-2H3,(H,18,19). The Morgan fingerprint density at radius 2 is 2.05 bits per heavy atom. The van der Waals surface area contributed by atoms with Crippen LogP contribution >= 0.6 is 11.3 Å². The molecule has 0 aliphatic carbocycles. The van der Waals surface area contributed by atoms with Crippen LogP contribution in [0.1, 0.15) is 15.4 Å². The van der Waals surface area contributed by atoms with Gasteiger partial charge in [-0.05, 0) is 25.1 Å². The van der Waals surface area contributed by atoms with E-state index in [9.17, 15) is 9.90 Å². The summed E-state index contributed by atoms with van der Waals surface area (Å²) in [6, 6.07) is 6.72. The second kappa shape index (κ2) is 5.14. The maximum atomic E-state index is 11.5. The van der Waals surface area contributed by atoms with Crippen molar-refractivity contribution in [1.29, 1.82) is 0 Å². The largest absolute Gasteiger partial charge is 0.497 e. The topological polar surface area (TPSA) is 72.3 Å². The predicted octanol–water partition coefficient (Wildman–Crippen LogP) is 3.37. The Balaban J connectivity index is 2.29. The highest BCUT2D eigenvalue weighted by molar-refractivity contribution is 7.09. The van der Waals surface area contributed by atoms with Crippen LogP contribution < -0.4 is 4.74 Å². The van der Waals surface area contributed by atoms with Gasteiger partial charge in [0.15, 0.2) is 0 Å². The van der Waals surface area contributed by atoms with Crippen molar-refractivity contribution in [2.75, 3.05) is 7.11 Å². The molecule has 0 atom stereocenters. The number of pyridine rings is 1. The predicted molar refractivity (Wildman–Crippen MR) is 81.1 cm³/mol. The third-order valence-electron chi connectivity index (χ3n) is 3.13. The SMILES string of the molecule is COc1ccc2c(C(=O)O)cc(-c3csc(C)n3)nc2c1. The first kappa shape index (κ1) is 13.5. The highest BCUT2D eigenvalue weighted by atomic mass is 32.1. The van der Waals surface area contributed by atoms with Gasteiger partial charge in [0.1, 0.15) is 5.75 Å². The Labute approximate surface area is 124 Å². The highest BCUT2D eigenvalue weighted by Gasteiger charge is 2.14. The molecule has 0 spiro atoms. The highest BCUT2D eigenvalue weighted by Crippen LogP contribution is 2.28. The van der Waals surface area contributed by atoms with Crippen LogP contribution in [-0.2, 0) is 0 Å². The number of carboxylic acids is 1. The molecule has 0 bridgehead atoms. The number of methoxy groups -OCH3 is 1. The number of ether oxygens (including phenoxy) is 1. The maximum absolute atomic E-state index is 11.5. The summed E-state index contributed by atoms with van der Waals surface area (Å²) in [6.07, 6.45) is 0. The van der Waals surface area contributed by atoms with Crippen molar-refractivity contribution >= 4 is 28.2 Å². The molecule has 0 amide bonds. The van der Waals surface area contributed by atoms with E-state index < -0.39 is 5.97 Å². The second-order valence-corrected chi connectivity index (χ2v) is 5.56. The van der Waals surface area contributed by atoms with Gasteiger partial charge >= 0.3 is 5.97 Å². The number of thiazole rings is 1. The van der Waals surface area contributed by atoms with Crippen molar-refractivity contribution in [2.45, 2.75) is 6.92 Å². The number of aromatic nitrogens is 2. The normalized spacial score (nSPS) is 10.8. The molecule has 1 aromatic carbocycles. The number of hydrogen-bond acceptors (Lipinski definition) is 5. The summed E-state index contributed by atoms with van der Waals surface area (Å²) in [4.78, 5) is 20.4. The van der Waals surface area contributed by atoms with Crippen LogP contribution in [0.3, 0.4) is 0 Å². The quantitative estimate of drug-likeness (QED) is 0.803. The first-order valence-corrected chi connectivity index (χ1v) is 7.11. The number of hydrogen-bond donors (Lipinski definition) is 1. The van der Waals surface area contributed by atoms with Crippen molar-refractivity contribution in [3.8, 4) is 17.1 Å². The minimum atomic E-state index is -0.985. The number of carboxylic acid groups (broad SMARTS) is 1. The number of benzene rings is 1. The van der Waals surface area contributed by atoms with Crippen molar-refractivity contribution < 1.29 is 14.6 Å². The molecule has 2 aromatic heterocycles. The van der Waals surface area contributed by atoms with Crippen LogP contribution in [0.5, 0.6) is 5.75 Å². The van der Waals surface area contributed by atoms with E-state index in [0.717, 1.165) is 5.01 Å². The van der Waals surface area contributed by atoms with E-state index in [1.807, 2.05) is 12.3 Å². The van der Waals surface area contributed by atoms with Gasteiger partial charge in [0.25, 0.3) is 0 Å². The molecule has 21 heavy (non-hydrogen) atoms. The summed E-state index contributed by atoms with van der Waals surface area (Å²) < 4.78 is 5.17. The van der Waals surface area contributed by atoms with Crippen molar-refractivity contribution in [1.82, 2.24) is 9.97 Å². The zero-order valence-electron chi connectivity index (χ0n) is 11.5. The fraction of sp³-hybridized carbons (Fsp3) is 0.133. The molecule has 0 aliphatic rings. The summed E-state index contributed by atoms with van der Waals surface area (Å²) >= 11 is 1.50. The first-order valence-electron chi connectivity index (χ1n) is 6.23. The van der Waals surface area contributed by atoms with Gasteiger partial charge < -0.3 is 9.84 Å². The molecule has 0 saturated heterocycles. The average molecular weight is 300 g/mol. The van der Waals surface area contributed by atoms with Gasteiger partial charge in [0.05, 0.1) is 34.6 Å². The van der Waals surface area contributed by atoms with Crippen LogP contribution in [0.2, 0.25) is 0 Å². The van der Waals surface area contributed by atoms with E-state index in [0.29, 0.717) is 28.0 Å². The molecule has 6 heteroatoms. The molecule has 2 heterocycles. The summed E-state index contributed by atoms with van der Waals surface area (Å²) in [7, 11) is 1.56. The third kappa shape index (κ3) is 2.45. The minimum absolute atomic E-state index is 0.211. The minimum Gasteiger partial charge on any atom is -0.497 e. The van der Waals surface area contributed by atoms with Gasteiger partial charge in [-0.3, -0.25) is 0 Å². The number of aromatic carboxylic acids is 1. The molecule has 3 aromatic rings. The third-order valence-corrected chi connectivity index (χ3v) is 3.90. The second-order valence-electron chi connectivity index (χ2n) is 4.50. The fourth-order valence-electron chi connectivity index (χ4n) is 2.12. The molecule has 0 unspecified atom stereocenters. The zero-order chi connectivity index (χ0) is 15.0. The number of nitrogens with zero attached hydrogens (tertiary/aromatic N) is 2. The van der Waals surface area contributed by atoms with E-state index in [1.54, 1.807) is 31.4 Å². The van der Waals surface area contributed by atoms with Crippen LogP contribution in [0.4, 0.5) is 0 Å². The number of rotatable bonds is 3. The van der Waals surface area contributed by atoms with Gasteiger partial charge in [-0.25, -0.2) is 14.8 Å². The Hall–Kier alpha value is -2.47. The van der Waals surface area contributed by atoms with E-state index in [-0.39, 0.29) is 5.56 Å². The molecule has 5 nitrogen and oxygen atoms in total. The molecule has 1 N–H and O–H groups in total. The van der Waals surface area contributed by atoms with Gasteiger partial charge in [-0.1, -0.05) is 0 Å². The summed E-state index contributed by atoms with van der Waals surface area (Å²) in [5.41, 5.74) is 2.03. The molecule has 0 aliphatic heterocycles. The van der Waals surface area contributed by atoms with E-state index in [4.69, 9.17) is 4.74 Å². The average Bonchev–Trinajstić information content (AvgIpc) is 2.91. The molecule has 3 rings (SSSR count). The van der Waals surface area contributed by atoms with Gasteiger partial charge in [0.2, 0.25) is 0 Å². The molecular weight excluding hydrogens is 288 g/mol. The van der Waals surface area contributed by atoms with Crippen LogP contribution in [0.15, 0.2) is 29.6 Å². The molecule has 0 fully saturated rings. The lowest BCUT2D eigenvalue weighted by Crippen LogP contribution is -2.00. The van der Waals surface area contributed by atoms with Crippen molar-refractivity contribution in [3.05, 3.63) is 40.2 Å². The monoisotopic (exact) mass is 300 g/mol. The van der Waals surface area contributed by atoms with Gasteiger partial charge in [0, 0.05) is 16.8 Å². The summed E-state index contributed by atoms with van der Waals surface area (Å²) in [5, 5.41) is 12.8. The van der Waals surface area contributed by atoms with Gasteiger partial charge in [-0.15, -0.1) is 11.3 Å². The Kier molecular flexibility index (Phi) is 3.31. The molecule has 0 radical (unpaired) electrons. The lowest BCUT2D eigenvalue weighted by molar-refractivity contribution is 0.0699. The van der Waals surface area contributed by atoms with Crippen LogP contribution in [0, 0.1) is 6.92 Å².